The number of hydrogen-bond acceptors (Lipinski definition) is 4. The van der Waals surface area contributed by atoms with Crippen molar-refractivity contribution >= 4 is 23.3 Å². The SMILES string of the molecule is CC1(C)CN(c2ccc(C(=N)N)nc2)CCS1. The largest absolute Gasteiger partial charge is 0.382 e. The summed E-state index contributed by atoms with van der Waals surface area (Å²) < 4.78 is 0.289. The lowest BCUT2D eigenvalue weighted by Gasteiger charge is -2.38. The van der Waals surface area contributed by atoms with Crippen LogP contribution in [0.3, 0.4) is 0 Å². The van der Waals surface area contributed by atoms with Crippen LogP contribution >= 0.6 is 11.8 Å². The summed E-state index contributed by atoms with van der Waals surface area (Å²) in [4.78, 5) is 6.54. The fourth-order valence-electron chi connectivity index (χ4n) is 1.97. The van der Waals surface area contributed by atoms with E-state index in [1.807, 2.05) is 30.1 Å². The van der Waals surface area contributed by atoms with Crippen molar-refractivity contribution < 1.29 is 0 Å². The summed E-state index contributed by atoms with van der Waals surface area (Å²) in [6.45, 7) is 6.61. The summed E-state index contributed by atoms with van der Waals surface area (Å²) in [6, 6.07) is 3.81. The van der Waals surface area contributed by atoms with Crippen LogP contribution in [0.25, 0.3) is 0 Å². The predicted molar refractivity (Wildman–Crippen MR) is 74.0 cm³/mol. The van der Waals surface area contributed by atoms with Gasteiger partial charge in [-0.15, -0.1) is 0 Å². The van der Waals surface area contributed by atoms with E-state index in [2.05, 4.69) is 23.7 Å². The molecule has 17 heavy (non-hydrogen) atoms. The standard InChI is InChI=1S/C12H18N4S/c1-12(2)8-16(5-6-17-12)9-3-4-10(11(13)14)15-7-9/h3-4,7H,5-6,8H2,1-2H3,(H3,13,14). The number of anilines is 1. The number of hydrogen-bond donors (Lipinski definition) is 2. The van der Waals surface area contributed by atoms with Gasteiger partial charge in [0.1, 0.15) is 11.5 Å². The molecule has 0 aromatic carbocycles. The van der Waals surface area contributed by atoms with Gasteiger partial charge in [-0.2, -0.15) is 11.8 Å². The van der Waals surface area contributed by atoms with Gasteiger partial charge in [0, 0.05) is 23.6 Å². The highest BCUT2D eigenvalue weighted by molar-refractivity contribution is 8.00. The maximum atomic E-state index is 7.31. The molecular weight excluding hydrogens is 232 g/mol. The Hall–Kier alpha value is -1.23. The summed E-state index contributed by atoms with van der Waals surface area (Å²) >= 11 is 2.01. The molecule has 1 aromatic rings. The first-order chi connectivity index (χ1) is 7.98. The Bertz CT molecular complexity index is 413. The van der Waals surface area contributed by atoms with Gasteiger partial charge in [-0.1, -0.05) is 0 Å². The van der Waals surface area contributed by atoms with Crippen molar-refractivity contribution in [1.82, 2.24) is 4.98 Å². The molecule has 1 aliphatic rings. The summed E-state index contributed by atoms with van der Waals surface area (Å²) in [5, 5.41) is 7.31. The molecule has 0 amide bonds. The molecule has 1 saturated heterocycles. The van der Waals surface area contributed by atoms with Gasteiger partial charge in [-0.05, 0) is 26.0 Å². The second-order valence-electron chi connectivity index (χ2n) is 4.85. The summed E-state index contributed by atoms with van der Waals surface area (Å²) in [5.41, 5.74) is 7.04. The first-order valence-electron chi connectivity index (χ1n) is 5.67. The van der Waals surface area contributed by atoms with Crippen LogP contribution in [0.15, 0.2) is 18.3 Å². The minimum atomic E-state index is 0.0195. The third kappa shape index (κ3) is 2.91. The number of nitrogens with zero attached hydrogens (tertiary/aromatic N) is 2. The third-order valence-corrected chi connectivity index (χ3v) is 4.11. The maximum Gasteiger partial charge on any atom is 0.141 e. The third-order valence-electron chi connectivity index (χ3n) is 2.81. The van der Waals surface area contributed by atoms with E-state index in [0.717, 1.165) is 24.5 Å². The second-order valence-corrected chi connectivity index (χ2v) is 6.65. The van der Waals surface area contributed by atoms with Gasteiger partial charge in [0.25, 0.3) is 0 Å². The van der Waals surface area contributed by atoms with Crippen LogP contribution in [-0.4, -0.2) is 34.4 Å². The van der Waals surface area contributed by atoms with Crippen LogP contribution in [0.5, 0.6) is 0 Å². The molecule has 1 aliphatic heterocycles. The molecule has 1 fully saturated rings. The fraction of sp³-hybridized carbons (Fsp3) is 0.500. The molecule has 0 aliphatic carbocycles. The number of amidine groups is 1. The minimum absolute atomic E-state index is 0.0195. The Kier molecular flexibility index (Phi) is 3.28. The molecule has 0 bridgehead atoms. The molecule has 1 aromatic heterocycles. The number of thioether (sulfide) groups is 1. The monoisotopic (exact) mass is 250 g/mol. The van der Waals surface area contributed by atoms with Gasteiger partial charge in [0.05, 0.1) is 11.9 Å². The van der Waals surface area contributed by atoms with E-state index >= 15 is 0 Å². The highest BCUT2D eigenvalue weighted by atomic mass is 32.2. The number of nitrogen functional groups attached to an aromatic ring is 1. The Labute approximate surface area is 106 Å². The van der Waals surface area contributed by atoms with Crippen LogP contribution < -0.4 is 10.6 Å². The Morgan fingerprint density at radius 1 is 1.53 bits per heavy atom. The van der Waals surface area contributed by atoms with Gasteiger partial charge in [0.2, 0.25) is 0 Å². The van der Waals surface area contributed by atoms with E-state index in [1.54, 1.807) is 0 Å². The van der Waals surface area contributed by atoms with Crippen LogP contribution in [0.1, 0.15) is 19.5 Å². The van der Waals surface area contributed by atoms with E-state index in [1.165, 1.54) is 0 Å². The average Bonchev–Trinajstić information content (AvgIpc) is 2.28. The van der Waals surface area contributed by atoms with Crippen molar-refractivity contribution in [1.29, 1.82) is 5.41 Å². The molecule has 92 valence electrons. The molecule has 0 spiro atoms. The number of nitrogens with two attached hydrogens (primary N) is 1. The minimum Gasteiger partial charge on any atom is -0.382 e. The lowest BCUT2D eigenvalue weighted by Crippen LogP contribution is -2.43. The topological polar surface area (TPSA) is 66.0 Å². The van der Waals surface area contributed by atoms with Gasteiger partial charge in [0.15, 0.2) is 0 Å². The van der Waals surface area contributed by atoms with Crippen LogP contribution in [0.2, 0.25) is 0 Å². The molecule has 4 nitrogen and oxygen atoms in total. The first-order valence-corrected chi connectivity index (χ1v) is 6.66. The smallest absolute Gasteiger partial charge is 0.141 e. The number of aromatic nitrogens is 1. The zero-order valence-electron chi connectivity index (χ0n) is 10.2. The first kappa shape index (κ1) is 12.2. The van der Waals surface area contributed by atoms with Gasteiger partial charge >= 0.3 is 0 Å². The van der Waals surface area contributed by atoms with E-state index in [4.69, 9.17) is 11.1 Å². The quantitative estimate of drug-likeness (QED) is 0.619. The Morgan fingerprint density at radius 2 is 2.29 bits per heavy atom. The van der Waals surface area contributed by atoms with Crippen molar-refractivity contribution in [2.45, 2.75) is 18.6 Å². The molecule has 3 N–H and O–H groups in total. The van der Waals surface area contributed by atoms with E-state index in [-0.39, 0.29) is 10.6 Å². The van der Waals surface area contributed by atoms with Gasteiger partial charge < -0.3 is 10.6 Å². The molecule has 2 heterocycles. The summed E-state index contributed by atoms with van der Waals surface area (Å²) in [6.07, 6.45) is 1.81. The van der Waals surface area contributed by atoms with Gasteiger partial charge in [-0.3, -0.25) is 10.4 Å². The zero-order valence-corrected chi connectivity index (χ0v) is 11.0. The van der Waals surface area contributed by atoms with Crippen molar-refractivity contribution in [2.75, 3.05) is 23.7 Å². The van der Waals surface area contributed by atoms with Crippen LogP contribution in [0, 0.1) is 5.41 Å². The van der Waals surface area contributed by atoms with Gasteiger partial charge in [-0.25, -0.2) is 0 Å². The molecule has 0 unspecified atom stereocenters. The zero-order chi connectivity index (χ0) is 12.5. The Morgan fingerprint density at radius 3 is 2.82 bits per heavy atom. The van der Waals surface area contributed by atoms with Crippen LogP contribution in [-0.2, 0) is 0 Å². The van der Waals surface area contributed by atoms with Crippen LogP contribution in [0.4, 0.5) is 5.69 Å². The molecular formula is C12H18N4S. The molecule has 0 atom stereocenters. The summed E-state index contributed by atoms with van der Waals surface area (Å²) in [5.74, 6) is 1.16. The van der Waals surface area contributed by atoms with Crippen molar-refractivity contribution in [3.05, 3.63) is 24.0 Å². The second kappa shape index (κ2) is 4.56. The Balaban J connectivity index is 2.14. The van der Waals surface area contributed by atoms with Crippen molar-refractivity contribution in [2.24, 2.45) is 5.73 Å². The van der Waals surface area contributed by atoms with Crippen molar-refractivity contribution in [3.63, 3.8) is 0 Å². The molecule has 2 rings (SSSR count). The average molecular weight is 250 g/mol. The summed E-state index contributed by atoms with van der Waals surface area (Å²) in [7, 11) is 0. The maximum absolute atomic E-state index is 7.31. The molecule has 5 heteroatoms. The molecule has 0 saturated carbocycles. The highest BCUT2D eigenvalue weighted by Crippen LogP contribution is 2.31. The number of nitrogens with one attached hydrogen (secondary N) is 1. The lowest BCUT2D eigenvalue weighted by molar-refractivity contribution is 0.647. The van der Waals surface area contributed by atoms with E-state index in [0.29, 0.717) is 5.69 Å². The fourth-order valence-corrected chi connectivity index (χ4v) is 3.08. The predicted octanol–water partition coefficient (Wildman–Crippen LogP) is 1.70. The normalized spacial score (nSPS) is 19.1. The number of pyridine rings is 1. The lowest BCUT2D eigenvalue weighted by atomic mass is 10.1. The van der Waals surface area contributed by atoms with E-state index in [9.17, 15) is 0 Å². The van der Waals surface area contributed by atoms with E-state index < -0.39 is 0 Å². The highest BCUT2D eigenvalue weighted by Gasteiger charge is 2.27. The number of rotatable bonds is 2. The molecule has 0 radical (unpaired) electrons. The van der Waals surface area contributed by atoms with Crippen molar-refractivity contribution in [3.8, 4) is 0 Å².